The third-order valence-electron chi connectivity index (χ3n) is 2.60. The van der Waals surface area contributed by atoms with Gasteiger partial charge in [0.2, 0.25) is 0 Å². The first-order valence-electron chi connectivity index (χ1n) is 5.58. The summed E-state index contributed by atoms with van der Waals surface area (Å²) in [5, 5.41) is 10.0. The topological polar surface area (TPSA) is 55.5 Å². The minimum absolute atomic E-state index is 0.0949. The van der Waals surface area contributed by atoms with Crippen LogP contribution in [0.3, 0.4) is 0 Å². The summed E-state index contributed by atoms with van der Waals surface area (Å²) in [6, 6.07) is 5.23. The van der Waals surface area contributed by atoms with E-state index in [9.17, 15) is 5.11 Å². The molecule has 0 saturated carbocycles. The second kappa shape index (κ2) is 4.74. The SMILES string of the molecule is CCOc1cccc([C@@H](N)C(C)(C)C)c1O. The van der Waals surface area contributed by atoms with Crippen LogP contribution in [0.4, 0.5) is 0 Å². The molecule has 1 atom stereocenters. The van der Waals surface area contributed by atoms with Crippen molar-refractivity contribution in [2.24, 2.45) is 11.1 Å². The lowest BCUT2D eigenvalue weighted by Crippen LogP contribution is -2.26. The van der Waals surface area contributed by atoms with Gasteiger partial charge in [-0.05, 0) is 18.4 Å². The Balaban J connectivity index is 3.10. The van der Waals surface area contributed by atoms with Gasteiger partial charge >= 0.3 is 0 Å². The fourth-order valence-electron chi connectivity index (χ4n) is 1.53. The maximum absolute atomic E-state index is 10.0. The van der Waals surface area contributed by atoms with Gasteiger partial charge in [-0.15, -0.1) is 0 Å². The molecule has 3 N–H and O–H groups in total. The Labute approximate surface area is 97.2 Å². The summed E-state index contributed by atoms with van der Waals surface area (Å²) in [6.07, 6.45) is 0. The third kappa shape index (κ3) is 2.67. The van der Waals surface area contributed by atoms with Gasteiger partial charge in [0.1, 0.15) is 0 Å². The fourth-order valence-corrected chi connectivity index (χ4v) is 1.53. The van der Waals surface area contributed by atoms with Crippen molar-refractivity contribution in [2.45, 2.75) is 33.7 Å². The molecule has 0 aliphatic heterocycles. The van der Waals surface area contributed by atoms with E-state index in [4.69, 9.17) is 10.5 Å². The molecule has 0 bridgehead atoms. The van der Waals surface area contributed by atoms with Crippen molar-refractivity contribution in [3.63, 3.8) is 0 Å². The molecule has 90 valence electrons. The lowest BCUT2D eigenvalue weighted by Gasteiger charge is -2.28. The first-order chi connectivity index (χ1) is 7.38. The van der Waals surface area contributed by atoms with Crippen molar-refractivity contribution < 1.29 is 9.84 Å². The van der Waals surface area contributed by atoms with Crippen LogP contribution in [0.15, 0.2) is 18.2 Å². The molecule has 1 aromatic rings. The van der Waals surface area contributed by atoms with Crippen LogP contribution in [0.5, 0.6) is 11.5 Å². The highest BCUT2D eigenvalue weighted by Gasteiger charge is 2.25. The second-order valence-electron chi connectivity index (χ2n) is 4.97. The summed E-state index contributed by atoms with van der Waals surface area (Å²) in [5.74, 6) is 0.659. The van der Waals surface area contributed by atoms with Crippen molar-refractivity contribution in [1.29, 1.82) is 0 Å². The summed E-state index contributed by atoms with van der Waals surface area (Å²) in [6.45, 7) is 8.55. The van der Waals surface area contributed by atoms with Crippen LogP contribution in [0, 0.1) is 5.41 Å². The largest absolute Gasteiger partial charge is 0.504 e. The van der Waals surface area contributed by atoms with Crippen LogP contribution >= 0.6 is 0 Å². The summed E-state index contributed by atoms with van der Waals surface area (Å²) < 4.78 is 5.33. The highest BCUT2D eigenvalue weighted by molar-refractivity contribution is 5.47. The quantitative estimate of drug-likeness (QED) is 0.828. The summed E-state index contributed by atoms with van der Waals surface area (Å²) >= 11 is 0. The Morgan fingerprint density at radius 2 is 2.00 bits per heavy atom. The lowest BCUT2D eigenvalue weighted by atomic mass is 9.82. The molecule has 0 aromatic heterocycles. The minimum Gasteiger partial charge on any atom is -0.504 e. The second-order valence-corrected chi connectivity index (χ2v) is 4.97. The van der Waals surface area contributed by atoms with Gasteiger partial charge in [-0.2, -0.15) is 0 Å². The van der Waals surface area contributed by atoms with Gasteiger partial charge in [-0.1, -0.05) is 32.9 Å². The van der Waals surface area contributed by atoms with E-state index in [1.165, 1.54) is 0 Å². The van der Waals surface area contributed by atoms with E-state index in [0.29, 0.717) is 12.4 Å². The van der Waals surface area contributed by atoms with E-state index in [1.807, 2.05) is 39.8 Å². The number of para-hydroxylation sites is 1. The number of rotatable bonds is 3. The Morgan fingerprint density at radius 3 is 2.50 bits per heavy atom. The number of nitrogens with two attached hydrogens (primary N) is 1. The Bertz CT molecular complexity index is 355. The minimum atomic E-state index is -0.215. The molecule has 0 heterocycles. The Hall–Kier alpha value is -1.22. The van der Waals surface area contributed by atoms with E-state index >= 15 is 0 Å². The van der Waals surface area contributed by atoms with E-state index in [2.05, 4.69) is 0 Å². The van der Waals surface area contributed by atoms with Gasteiger partial charge in [0, 0.05) is 11.6 Å². The summed E-state index contributed by atoms with van der Waals surface area (Å²) in [7, 11) is 0. The monoisotopic (exact) mass is 223 g/mol. The molecule has 0 radical (unpaired) electrons. The molecule has 0 spiro atoms. The smallest absolute Gasteiger partial charge is 0.162 e. The van der Waals surface area contributed by atoms with E-state index in [0.717, 1.165) is 5.56 Å². The number of ether oxygens (including phenoxy) is 1. The number of benzene rings is 1. The highest BCUT2D eigenvalue weighted by atomic mass is 16.5. The molecular formula is C13H21NO2. The number of phenols is 1. The van der Waals surface area contributed by atoms with Crippen molar-refractivity contribution in [1.82, 2.24) is 0 Å². The van der Waals surface area contributed by atoms with Crippen molar-refractivity contribution in [3.05, 3.63) is 23.8 Å². The number of aromatic hydroxyl groups is 1. The standard InChI is InChI=1S/C13H21NO2/c1-5-16-10-8-6-7-9(11(10)15)12(14)13(2,3)4/h6-8,12,15H,5,14H2,1-4H3/t12-/m1/s1. The van der Waals surface area contributed by atoms with Crippen molar-refractivity contribution in [3.8, 4) is 11.5 Å². The molecular weight excluding hydrogens is 202 g/mol. The Kier molecular flexibility index (Phi) is 3.81. The average Bonchev–Trinajstić information content (AvgIpc) is 2.19. The molecule has 0 fully saturated rings. The molecule has 0 saturated heterocycles. The maximum Gasteiger partial charge on any atom is 0.162 e. The zero-order valence-corrected chi connectivity index (χ0v) is 10.4. The molecule has 1 aromatic carbocycles. The van der Waals surface area contributed by atoms with Gasteiger partial charge in [0.15, 0.2) is 11.5 Å². The molecule has 1 rings (SSSR count). The van der Waals surface area contributed by atoms with Crippen LogP contribution in [0.2, 0.25) is 0 Å². The molecule has 0 aliphatic carbocycles. The molecule has 3 heteroatoms. The predicted octanol–water partition coefficient (Wildman–Crippen LogP) is 2.84. The first kappa shape index (κ1) is 12.8. The first-order valence-corrected chi connectivity index (χ1v) is 5.58. The highest BCUT2D eigenvalue weighted by Crippen LogP contribution is 2.39. The van der Waals surface area contributed by atoms with Gasteiger partial charge in [0.25, 0.3) is 0 Å². The van der Waals surface area contributed by atoms with E-state index in [-0.39, 0.29) is 17.2 Å². The van der Waals surface area contributed by atoms with Gasteiger partial charge in [-0.25, -0.2) is 0 Å². The van der Waals surface area contributed by atoms with Crippen LogP contribution in [0.25, 0.3) is 0 Å². The molecule has 3 nitrogen and oxygen atoms in total. The van der Waals surface area contributed by atoms with Crippen LogP contribution in [0.1, 0.15) is 39.3 Å². The molecule has 0 unspecified atom stereocenters. The van der Waals surface area contributed by atoms with E-state index in [1.54, 1.807) is 6.07 Å². The zero-order valence-electron chi connectivity index (χ0n) is 10.4. The molecule has 16 heavy (non-hydrogen) atoms. The number of hydrogen-bond acceptors (Lipinski definition) is 3. The Morgan fingerprint density at radius 1 is 1.38 bits per heavy atom. The number of phenolic OH excluding ortho intramolecular Hbond substituents is 1. The molecule has 0 aliphatic rings. The average molecular weight is 223 g/mol. The summed E-state index contributed by atoms with van der Waals surface area (Å²) in [4.78, 5) is 0. The van der Waals surface area contributed by atoms with E-state index < -0.39 is 0 Å². The van der Waals surface area contributed by atoms with Crippen molar-refractivity contribution in [2.75, 3.05) is 6.61 Å². The van der Waals surface area contributed by atoms with Gasteiger partial charge < -0.3 is 15.6 Å². The maximum atomic E-state index is 10.0. The van der Waals surface area contributed by atoms with Gasteiger partial charge in [-0.3, -0.25) is 0 Å². The normalized spacial score (nSPS) is 13.6. The lowest BCUT2D eigenvalue weighted by molar-refractivity contribution is 0.297. The van der Waals surface area contributed by atoms with Crippen LogP contribution < -0.4 is 10.5 Å². The van der Waals surface area contributed by atoms with Crippen molar-refractivity contribution >= 4 is 0 Å². The molecule has 0 amide bonds. The predicted molar refractivity (Wildman–Crippen MR) is 65.7 cm³/mol. The number of hydrogen-bond donors (Lipinski definition) is 2. The fraction of sp³-hybridized carbons (Fsp3) is 0.538. The third-order valence-corrected chi connectivity index (χ3v) is 2.60. The van der Waals surface area contributed by atoms with Crippen LogP contribution in [-0.4, -0.2) is 11.7 Å². The summed E-state index contributed by atoms with van der Waals surface area (Å²) in [5.41, 5.74) is 6.76. The van der Waals surface area contributed by atoms with Gasteiger partial charge in [0.05, 0.1) is 6.61 Å². The van der Waals surface area contributed by atoms with Crippen LogP contribution in [-0.2, 0) is 0 Å². The zero-order chi connectivity index (χ0) is 12.3.